The number of phenolic OH excluding ortho intramolecular Hbond substituents is 3. The van der Waals surface area contributed by atoms with E-state index in [1.807, 2.05) is 97.1 Å². The van der Waals surface area contributed by atoms with E-state index in [4.69, 9.17) is 0 Å². The van der Waals surface area contributed by atoms with E-state index in [2.05, 4.69) is 0 Å². The van der Waals surface area contributed by atoms with Crippen molar-refractivity contribution in [3.05, 3.63) is 121 Å². The lowest BCUT2D eigenvalue weighted by Gasteiger charge is -2.15. The molecule has 6 aromatic rings. The summed E-state index contributed by atoms with van der Waals surface area (Å²) in [5.74, 6) is -0.469. The van der Waals surface area contributed by atoms with E-state index >= 15 is 0 Å². The van der Waals surface area contributed by atoms with E-state index in [9.17, 15) is 19.5 Å². The zero-order chi connectivity index (χ0) is 26.2. The van der Waals surface area contributed by atoms with Gasteiger partial charge in [-0.1, -0.05) is 66.7 Å². The van der Waals surface area contributed by atoms with Crippen LogP contribution in [0, 0.1) is 0 Å². The minimum absolute atomic E-state index is 0.142. The summed E-state index contributed by atoms with van der Waals surface area (Å²) >= 11 is 0. The van der Waals surface area contributed by atoms with Gasteiger partial charge < -0.3 is 15.3 Å². The van der Waals surface area contributed by atoms with Crippen molar-refractivity contribution in [2.24, 2.45) is 0 Å². The Morgan fingerprint density at radius 1 is 0.526 bits per heavy atom. The summed E-state index contributed by atoms with van der Waals surface area (Å²) in [6.45, 7) is 0. The molecule has 0 aliphatic rings. The van der Waals surface area contributed by atoms with Crippen LogP contribution in [0.25, 0.3) is 21.5 Å². The molecule has 38 heavy (non-hydrogen) atoms. The molecule has 2 atom stereocenters. The third-order valence-electron chi connectivity index (χ3n) is 6.45. The van der Waals surface area contributed by atoms with Gasteiger partial charge >= 0.3 is 0 Å². The minimum Gasteiger partial charge on any atom is -0.508 e. The van der Waals surface area contributed by atoms with Gasteiger partial charge in [0.15, 0.2) is 26.2 Å². The minimum atomic E-state index is -1.67. The Morgan fingerprint density at radius 3 is 1.84 bits per heavy atom. The van der Waals surface area contributed by atoms with Gasteiger partial charge in [-0.3, -0.25) is 0 Å². The summed E-state index contributed by atoms with van der Waals surface area (Å²) in [6.07, 6.45) is 0. The fraction of sp³-hybridized carbons (Fsp3) is 0. The molecule has 0 saturated heterocycles. The van der Waals surface area contributed by atoms with Crippen LogP contribution >= 0.6 is 0 Å². The summed E-state index contributed by atoms with van der Waals surface area (Å²) in [5, 5.41) is 35.1. The van der Waals surface area contributed by atoms with Crippen molar-refractivity contribution in [3.8, 4) is 17.2 Å². The molecule has 0 bridgehead atoms. The van der Waals surface area contributed by atoms with Crippen LogP contribution in [-0.4, -0.2) is 19.5 Å². The predicted molar refractivity (Wildman–Crippen MR) is 153 cm³/mol. The molecule has 0 saturated carbocycles. The van der Waals surface area contributed by atoms with Crippen molar-refractivity contribution in [2.75, 3.05) is 0 Å². The van der Waals surface area contributed by atoms with E-state index in [1.165, 1.54) is 12.1 Å². The molecular formula is C32H23O4S2+. The number of hydrogen-bond acceptors (Lipinski definition) is 4. The van der Waals surface area contributed by atoms with Crippen LogP contribution in [-0.2, 0) is 21.7 Å². The Kier molecular flexibility index (Phi) is 6.27. The van der Waals surface area contributed by atoms with Gasteiger partial charge in [-0.25, -0.2) is 4.21 Å². The largest absolute Gasteiger partial charge is 0.508 e. The molecular weight excluding hydrogens is 512 g/mol. The molecule has 186 valence electrons. The van der Waals surface area contributed by atoms with E-state index in [-0.39, 0.29) is 17.2 Å². The van der Waals surface area contributed by atoms with Crippen molar-refractivity contribution in [1.82, 2.24) is 0 Å². The first-order valence-electron chi connectivity index (χ1n) is 12.0. The van der Waals surface area contributed by atoms with Crippen LogP contribution in [0.5, 0.6) is 17.2 Å². The van der Waals surface area contributed by atoms with Crippen molar-refractivity contribution < 1.29 is 19.5 Å². The van der Waals surface area contributed by atoms with E-state index in [1.54, 1.807) is 12.1 Å². The average molecular weight is 536 g/mol. The summed E-state index contributed by atoms with van der Waals surface area (Å²) in [5.41, 5.74) is 0. The van der Waals surface area contributed by atoms with Crippen molar-refractivity contribution in [1.29, 1.82) is 0 Å². The standard InChI is InChI=1S/C32H22O4S2/c33-23-15-17-24(18-16-23)37(29-13-5-9-21-7-1-3-11-25(21)29)31-19-27(34)28(35)20-32(31)38(36)30-14-6-10-22-8-2-4-12-26(22)30/h1-20H,(H2-,33,34,35)/p+1. The highest BCUT2D eigenvalue weighted by molar-refractivity contribution is 7.98. The SMILES string of the molecule is O=S(c1cc(O)c(O)cc1[S+](c1ccc(O)cc1)c1cccc2ccccc12)c1cccc2ccccc12. The van der Waals surface area contributed by atoms with Crippen LogP contribution < -0.4 is 0 Å². The van der Waals surface area contributed by atoms with Crippen LogP contribution in [0.3, 0.4) is 0 Å². The number of aromatic hydroxyl groups is 3. The molecule has 0 spiro atoms. The monoisotopic (exact) mass is 535 g/mol. The van der Waals surface area contributed by atoms with Gasteiger partial charge in [-0.15, -0.1) is 0 Å². The molecule has 3 N–H and O–H groups in total. The summed E-state index contributed by atoms with van der Waals surface area (Å²) < 4.78 is 14.3. The second-order valence-electron chi connectivity index (χ2n) is 8.81. The molecule has 0 aliphatic heterocycles. The Labute approximate surface area is 225 Å². The highest BCUT2D eigenvalue weighted by Crippen LogP contribution is 2.43. The van der Waals surface area contributed by atoms with Crippen molar-refractivity contribution >= 4 is 43.2 Å². The number of fused-ring (bicyclic) bond motifs is 2. The topological polar surface area (TPSA) is 77.8 Å². The lowest BCUT2D eigenvalue weighted by molar-refractivity contribution is 0.400. The molecule has 0 amide bonds. The van der Waals surface area contributed by atoms with Gasteiger partial charge in [0.25, 0.3) is 0 Å². The Hall–Kier alpha value is -4.26. The first-order valence-corrected chi connectivity index (χ1v) is 14.4. The highest BCUT2D eigenvalue weighted by Gasteiger charge is 2.36. The fourth-order valence-electron chi connectivity index (χ4n) is 4.65. The van der Waals surface area contributed by atoms with Crippen LogP contribution in [0.15, 0.2) is 146 Å². The van der Waals surface area contributed by atoms with Crippen molar-refractivity contribution in [2.45, 2.75) is 24.5 Å². The second kappa shape index (κ2) is 9.89. The molecule has 0 aromatic heterocycles. The predicted octanol–water partition coefficient (Wildman–Crippen LogP) is 7.37. The third-order valence-corrected chi connectivity index (χ3v) is 10.4. The normalized spacial score (nSPS) is 12.9. The smallest absolute Gasteiger partial charge is 0.187 e. The number of benzene rings is 6. The molecule has 6 aromatic carbocycles. The van der Waals surface area contributed by atoms with Gasteiger partial charge in [0.1, 0.15) is 21.5 Å². The Bertz CT molecular complexity index is 1820. The van der Waals surface area contributed by atoms with Gasteiger partial charge in [-0.05, 0) is 58.6 Å². The maximum absolute atomic E-state index is 14.3. The molecule has 6 heteroatoms. The highest BCUT2D eigenvalue weighted by atomic mass is 32.2. The summed E-state index contributed by atoms with van der Waals surface area (Å²) in [4.78, 5) is 3.53. The van der Waals surface area contributed by atoms with E-state index in [0.717, 1.165) is 31.3 Å². The second-order valence-corrected chi connectivity index (χ2v) is 12.2. The molecule has 0 aliphatic carbocycles. The van der Waals surface area contributed by atoms with Gasteiger partial charge in [-0.2, -0.15) is 0 Å². The molecule has 4 nitrogen and oxygen atoms in total. The molecule has 0 heterocycles. The van der Waals surface area contributed by atoms with E-state index in [0.29, 0.717) is 14.7 Å². The number of phenols is 3. The average Bonchev–Trinajstić information content (AvgIpc) is 2.95. The number of rotatable bonds is 5. The first kappa shape index (κ1) is 24.1. The third kappa shape index (κ3) is 4.28. The first-order chi connectivity index (χ1) is 18.5. The number of hydrogen-bond donors (Lipinski definition) is 3. The zero-order valence-electron chi connectivity index (χ0n) is 20.1. The molecule has 6 rings (SSSR count). The lowest BCUT2D eigenvalue weighted by atomic mass is 10.1. The maximum atomic E-state index is 14.3. The maximum Gasteiger partial charge on any atom is 0.187 e. The van der Waals surface area contributed by atoms with Gasteiger partial charge in [0.05, 0.1) is 15.7 Å². The van der Waals surface area contributed by atoms with E-state index < -0.39 is 21.7 Å². The van der Waals surface area contributed by atoms with Gasteiger partial charge in [0.2, 0.25) is 0 Å². The van der Waals surface area contributed by atoms with Crippen molar-refractivity contribution in [3.63, 3.8) is 0 Å². The quantitative estimate of drug-likeness (QED) is 0.159. The van der Waals surface area contributed by atoms with Crippen LogP contribution in [0.4, 0.5) is 0 Å². The summed E-state index contributed by atoms with van der Waals surface area (Å²) in [7, 11) is -2.50. The molecule has 0 radical (unpaired) electrons. The summed E-state index contributed by atoms with van der Waals surface area (Å²) in [6, 6.07) is 37.4. The van der Waals surface area contributed by atoms with Gasteiger partial charge in [0, 0.05) is 17.5 Å². The Morgan fingerprint density at radius 2 is 1.11 bits per heavy atom. The molecule has 2 unspecified atom stereocenters. The van der Waals surface area contributed by atoms with Crippen LogP contribution in [0.2, 0.25) is 0 Å². The molecule has 0 fully saturated rings. The zero-order valence-corrected chi connectivity index (χ0v) is 21.7. The lowest BCUT2D eigenvalue weighted by Crippen LogP contribution is -2.10. The van der Waals surface area contributed by atoms with Crippen LogP contribution in [0.1, 0.15) is 0 Å². The Balaban J connectivity index is 1.65. The fourth-order valence-corrected chi connectivity index (χ4v) is 8.67.